The van der Waals surface area contributed by atoms with E-state index in [2.05, 4.69) is 25.1 Å². The zero-order valence-corrected chi connectivity index (χ0v) is 16.0. The van der Waals surface area contributed by atoms with E-state index in [1.165, 1.54) is 44.9 Å². The summed E-state index contributed by atoms with van der Waals surface area (Å²) in [6.45, 7) is 2.39. The second kappa shape index (κ2) is 9.25. The molecule has 1 fully saturated rings. The van der Waals surface area contributed by atoms with Crippen LogP contribution in [0.25, 0.3) is 6.08 Å². The predicted octanol–water partition coefficient (Wildman–Crippen LogP) is 5.86. The van der Waals surface area contributed by atoms with Crippen LogP contribution in [0.4, 0.5) is 0 Å². The number of carbonyl (C=O) groups is 1. The first kappa shape index (κ1) is 19.0. The van der Waals surface area contributed by atoms with Crippen LogP contribution in [-0.2, 0) is 11.2 Å². The van der Waals surface area contributed by atoms with Gasteiger partial charge in [-0.1, -0.05) is 57.2 Å². The van der Waals surface area contributed by atoms with E-state index in [0.717, 1.165) is 29.2 Å². The summed E-state index contributed by atoms with van der Waals surface area (Å²) in [4.78, 5) is 10.8. The van der Waals surface area contributed by atoms with Crippen molar-refractivity contribution in [3.8, 4) is 5.75 Å². The molecule has 3 unspecified atom stereocenters. The average Bonchev–Trinajstić information content (AvgIpc) is 2.76. The van der Waals surface area contributed by atoms with Crippen LogP contribution in [0.2, 0.25) is 0 Å². The van der Waals surface area contributed by atoms with Gasteiger partial charge < -0.3 is 9.84 Å². The van der Waals surface area contributed by atoms with Gasteiger partial charge in [0, 0.05) is 18.4 Å². The van der Waals surface area contributed by atoms with Gasteiger partial charge in [-0.3, -0.25) is 4.79 Å². The van der Waals surface area contributed by atoms with Crippen LogP contribution in [-0.4, -0.2) is 17.2 Å². The van der Waals surface area contributed by atoms with E-state index in [1.807, 2.05) is 12.1 Å². The van der Waals surface area contributed by atoms with Gasteiger partial charge in [-0.15, -0.1) is 0 Å². The summed E-state index contributed by atoms with van der Waals surface area (Å²) in [6, 6.07) is 6.14. The van der Waals surface area contributed by atoms with Gasteiger partial charge in [0.1, 0.15) is 11.9 Å². The summed E-state index contributed by atoms with van der Waals surface area (Å²) in [5.41, 5.74) is 2.15. The Hall–Kier alpha value is -1.77. The van der Waals surface area contributed by atoms with Crippen molar-refractivity contribution in [1.29, 1.82) is 0 Å². The first-order valence-corrected chi connectivity index (χ1v) is 10.3. The number of carboxylic acids is 1. The summed E-state index contributed by atoms with van der Waals surface area (Å²) >= 11 is 0. The van der Waals surface area contributed by atoms with E-state index < -0.39 is 5.97 Å². The van der Waals surface area contributed by atoms with Crippen molar-refractivity contribution in [1.82, 2.24) is 0 Å². The fourth-order valence-electron chi connectivity index (χ4n) is 4.31. The van der Waals surface area contributed by atoms with E-state index in [1.54, 1.807) is 0 Å². The van der Waals surface area contributed by atoms with E-state index >= 15 is 0 Å². The van der Waals surface area contributed by atoms with Crippen LogP contribution in [0.5, 0.6) is 5.75 Å². The predicted molar refractivity (Wildman–Crippen MR) is 105 cm³/mol. The molecule has 3 nitrogen and oxygen atoms in total. The minimum atomic E-state index is -0.749. The Morgan fingerprint density at radius 3 is 2.85 bits per heavy atom. The number of aliphatic carboxylic acids is 1. The van der Waals surface area contributed by atoms with E-state index in [0.29, 0.717) is 12.3 Å². The third kappa shape index (κ3) is 5.36. The molecule has 0 spiro atoms. The van der Waals surface area contributed by atoms with E-state index in [4.69, 9.17) is 9.84 Å². The Morgan fingerprint density at radius 2 is 2.00 bits per heavy atom. The number of rotatable bonds is 4. The lowest BCUT2D eigenvalue weighted by Crippen LogP contribution is -2.27. The fourth-order valence-corrected chi connectivity index (χ4v) is 4.31. The molecule has 1 saturated carbocycles. The molecule has 2 aliphatic rings. The van der Waals surface area contributed by atoms with Crippen LogP contribution in [0.3, 0.4) is 0 Å². The first-order chi connectivity index (χ1) is 12.6. The fraction of sp³-hybridized carbons (Fsp3) is 0.609. The monoisotopic (exact) mass is 356 g/mol. The minimum Gasteiger partial charge on any atom is -0.489 e. The lowest BCUT2D eigenvalue weighted by molar-refractivity contribution is -0.136. The lowest BCUT2D eigenvalue weighted by atomic mass is 9.88. The maximum Gasteiger partial charge on any atom is 0.303 e. The zero-order valence-electron chi connectivity index (χ0n) is 16.0. The van der Waals surface area contributed by atoms with Crippen molar-refractivity contribution >= 4 is 12.0 Å². The summed E-state index contributed by atoms with van der Waals surface area (Å²) in [6.07, 6.45) is 15.7. The third-order valence-corrected chi connectivity index (χ3v) is 5.97. The maximum atomic E-state index is 10.8. The van der Waals surface area contributed by atoms with Gasteiger partial charge in [0.15, 0.2) is 0 Å². The Labute approximate surface area is 157 Å². The Morgan fingerprint density at radius 1 is 1.15 bits per heavy atom. The van der Waals surface area contributed by atoms with Crippen molar-refractivity contribution in [2.45, 2.75) is 77.2 Å². The Balaban J connectivity index is 1.69. The largest absolute Gasteiger partial charge is 0.489 e. The van der Waals surface area contributed by atoms with Crippen LogP contribution < -0.4 is 4.74 Å². The van der Waals surface area contributed by atoms with Gasteiger partial charge in [-0.25, -0.2) is 0 Å². The van der Waals surface area contributed by atoms with E-state index in [-0.39, 0.29) is 12.5 Å². The summed E-state index contributed by atoms with van der Waals surface area (Å²) < 4.78 is 6.47. The molecule has 26 heavy (non-hydrogen) atoms. The molecule has 1 aromatic carbocycles. The number of carboxylic acid groups (broad SMARTS) is 1. The van der Waals surface area contributed by atoms with Crippen LogP contribution >= 0.6 is 0 Å². The summed E-state index contributed by atoms with van der Waals surface area (Å²) in [5.74, 6) is 1.68. The van der Waals surface area contributed by atoms with Crippen LogP contribution in [0, 0.1) is 11.8 Å². The summed E-state index contributed by atoms with van der Waals surface area (Å²) in [7, 11) is 0. The molecule has 0 aromatic heterocycles. The third-order valence-electron chi connectivity index (χ3n) is 5.97. The Kier molecular flexibility index (Phi) is 6.76. The van der Waals surface area contributed by atoms with Crippen molar-refractivity contribution < 1.29 is 14.6 Å². The second-order valence-corrected chi connectivity index (χ2v) is 8.14. The van der Waals surface area contributed by atoms with Gasteiger partial charge in [0.05, 0.1) is 0 Å². The lowest BCUT2D eigenvalue weighted by Gasteiger charge is -2.27. The standard InChI is InChI=1S/C23H32O3/c1-17-6-3-2-4-7-19(13-10-17)21-9-5-8-20-16-18(12-15-23(24)25)11-14-22(20)26-21/h5,8,11,14,16-17,19,21H,2-4,6-7,9-10,12-13,15H2,1H3,(H,24,25). The van der Waals surface area contributed by atoms with E-state index in [9.17, 15) is 4.79 Å². The molecule has 0 radical (unpaired) electrons. The first-order valence-electron chi connectivity index (χ1n) is 10.3. The molecule has 0 amide bonds. The minimum absolute atomic E-state index is 0.173. The number of benzene rings is 1. The molecule has 1 aromatic rings. The topological polar surface area (TPSA) is 46.5 Å². The average molecular weight is 357 g/mol. The zero-order chi connectivity index (χ0) is 18.4. The highest BCUT2D eigenvalue weighted by Crippen LogP contribution is 2.34. The number of fused-ring (bicyclic) bond motifs is 1. The van der Waals surface area contributed by atoms with Crippen LogP contribution in [0.15, 0.2) is 24.3 Å². The highest BCUT2D eigenvalue weighted by molar-refractivity contribution is 5.67. The molecule has 1 aliphatic carbocycles. The number of hydrogen-bond acceptors (Lipinski definition) is 2. The highest BCUT2D eigenvalue weighted by Gasteiger charge is 2.25. The van der Waals surface area contributed by atoms with Gasteiger partial charge in [0.25, 0.3) is 0 Å². The molecule has 3 atom stereocenters. The SMILES string of the molecule is CC1CCCCCC(C2CC=Cc3cc(CCC(=O)O)ccc3O2)CC1. The molecule has 1 aliphatic heterocycles. The number of hydrogen-bond donors (Lipinski definition) is 1. The van der Waals surface area contributed by atoms with Gasteiger partial charge in [0.2, 0.25) is 0 Å². The molecule has 3 heteroatoms. The second-order valence-electron chi connectivity index (χ2n) is 8.14. The molecule has 3 rings (SSSR count). The van der Waals surface area contributed by atoms with Crippen molar-refractivity contribution in [2.24, 2.45) is 11.8 Å². The van der Waals surface area contributed by atoms with Gasteiger partial charge >= 0.3 is 5.97 Å². The maximum absolute atomic E-state index is 10.8. The summed E-state index contributed by atoms with van der Waals surface area (Å²) in [5, 5.41) is 8.88. The number of aryl methyl sites for hydroxylation is 1. The number of ether oxygens (including phenoxy) is 1. The molecule has 0 bridgehead atoms. The molecular weight excluding hydrogens is 324 g/mol. The Bertz CT molecular complexity index is 634. The molecular formula is C23H32O3. The normalized spacial score (nSPS) is 26.6. The highest BCUT2D eigenvalue weighted by atomic mass is 16.5. The molecule has 142 valence electrons. The molecule has 1 N–H and O–H groups in total. The van der Waals surface area contributed by atoms with Gasteiger partial charge in [-0.05, 0) is 48.8 Å². The molecule has 1 heterocycles. The smallest absolute Gasteiger partial charge is 0.303 e. The molecule has 0 saturated heterocycles. The van der Waals surface area contributed by atoms with Crippen molar-refractivity contribution in [2.75, 3.05) is 0 Å². The van der Waals surface area contributed by atoms with Crippen LogP contribution in [0.1, 0.15) is 75.8 Å². The van der Waals surface area contributed by atoms with Crippen molar-refractivity contribution in [3.63, 3.8) is 0 Å². The van der Waals surface area contributed by atoms with Crippen molar-refractivity contribution in [3.05, 3.63) is 35.4 Å². The quantitative estimate of drug-likeness (QED) is 0.734. The van der Waals surface area contributed by atoms with Gasteiger partial charge in [-0.2, -0.15) is 0 Å².